The van der Waals surface area contributed by atoms with E-state index >= 15 is 0 Å². The number of nitrogens with zero attached hydrogens (tertiary/aromatic N) is 1. The lowest BCUT2D eigenvalue weighted by Gasteiger charge is -2.14. The van der Waals surface area contributed by atoms with Crippen molar-refractivity contribution in [2.75, 3.05) is 0 Å². The Hall–Kier alpha value is -1.42. The summed E-state index contributed by atoms with van der Waals surface area (Å²) in [4.78, 5) is 16.4. The molecule has 0 bridgehead atoms. The van der Waals surface area contributed by atoms with Crippen LogP contribution in [0.3, 0.4) is 0 Å². The first kappa shape index (κ1) is 15.0. The van der Waals surface area contributed by atoms with Gasteiger partial charge in [0.2, 0.25) is 0 Å². The molecule has 0 aliphatic rings. The fraction of sp³-hybridized carbons (Fsp3) is 0.500. The maximum atomic E-state index is 12.2. The molecule has 1 amide bonds. The summed E-state index contributed by atoms with van der Waals surface area (Å²) in [6.45, 7) is 6.53. The van der Waals surface area contributed by atoms with E-state index in [0.717, 1.165) is 34.5 Å². The highest BCUT2D eigenvalue weighted by Gasteiger charge is 2.11. The molecule has 0 saturated carbocycles. The molecule has 2 rings (SSSR count). The van der Waals surface area contributed by atoms with Crippen LogP contribution in [-0.4, -0.2) is 16.9 Å². The summed E-state index contributed by atoms with van der Waals surface area (Å²) in [6, 6.07) is 5.89. The average Bonchev–Trinajstić information content (AvgIpc) is 2.85. The lowest BCUT2D eigenvalue weighted by molar-refractivity contribution is 0.0938. The molecule has 0 aliphatic heterocycles. The summed E-state index contributed by atoms with van der Waals surface area (Å²) in [5.74, 6) is 0.740. The number of amides is 1. The predicted molar refractivity (Wildman–Crippen MR) is 85.2 cm³/mol. The largest absolute Gasteiger partial charge is 0.350 e. The molecule has 2 aromatic rings. The van der Waals surface area contributed by atoms with Gasteiger partial charge in [0.1, 0.15) is 0 Å². The van der Waals surface area contributed by atoms with Gasteiger partial charge in [-0.2, -0.15) is 0 Å². The van der Waals surface area contributed by atoms with Crippen molar-refractivity contribution in [3.63, 3.8) is 0 Å². The number of thiazole rings is 1. The lowest BCUT2D eigenvalue weighted by Crippen LogP contribution is -2.32. The van der Waals surface area contributed by atoms with E-state index in [1.165, 1.54) is 6.42 Å². The van der Waals surface area contributed by atoms with E-state index in [-0.39, 0.29) is 11.9 Å². The summed E-state index contributed by atoms with van der Waals surface area (Å²) < 4.78 is 1.06. The first-order valence-corrected chi connectivity index (χ1v) is 8.08. The highest BCUT2D eigenvalue weighted by Crippen LogP contribution is 2.19. The van der Waals surface area contributed by atoms with Crippen molar-refractivity contribution >= 4 is 27.5 Å². The number of fused-ring (bicyclic) bond motifs is 1. The first-order chi connectivity index (χ1) is 9.56. The van der Waals surface area contributed by atoms with E-state index in [0.29, 0.717) is 0 Å². The standard InChI is InChI=1S/C16H22N2OS/c1-11(2)5-4-6-12(3)18-16(19)13-7-8-14-15(9-13)20-10-17-14/h7-12H,4-6H2,1-3H3,(H,18,19). The van der Waals surface area contributed by atoms with Crippen LogP contribution in [0.15, 0.2) is 23.7 Å². The number of carbonyl (C=O) groups is 1. The Bertz CT molecular complexity index is 577. The molecular weight excluding hydrogens is 268 g/mol. The zero-order valence-corrected chi connectivity index (χ0v) is 13.2. The minimum absolute atomic E-state index is 0.0114. The Balaban J connectivity index is 1.90. The van der Waals surface area contributed by atoms with Gasteiger partial charge in [-0.15, -0.1) is 11.3 Å². The van der Waals surface area contributed by atoms with Crippen molar-refractivity contribution in [3.05, 3.63) is 29.3 Å². The number of aromatic nitrogens is 1. The maximum absolute atomic E-state index is 12.2. The van der Waals surface area contributed by atoms with E-state index in [1.54, 1.807) is 16.8 Å². The van der Waals surface area contributed by atoms with Gasteiger partial charge in [0.25, 0.3) is 5.91 Å². The molecule has 20 heavy (non-hydrogen) atoms. The quantitative estimate of drug-likeness (QED) is 0.864. The second-order valence-electron chi connectivity index (χ2n) is 5.73. The molecule has 1 aromatic heterocycles. The van der Waals surface area contributed by atoms with Gasteiger partial charge in [0, 0.05) is 11.6 Å². The molecule has 0 radical (unpaired) electrons. The van der Waals surface area contributed by atoms with Crippen molar-refractivity contribution in [1.82, 2.24) is 10.3 Å². The van der Waals surface area contributed by atoms with E-state index in [4.69, 9.17) is 0 Å². The van der Waals surface area contributed by atoms with Crippen LogP contribution in [-0.2, 0) is 0 Å². The Morgan fingerprint density at radius 2 is 2.10 bits per heavy atom. The van der Waals surface area contributed by atoms with Crippen LogP contribution in [0.25, 0.3) is 10.2 Å². The van der Waals surface area contributed by atoms with Crippen LogP contribution in [0.5, 0.6) is 0 Å². The topological polar surface area (TPSA) is 42.0 Å². The highest BCUT2D eigenvalue weighted by molar-refractivity contribution is 7.16. The van der Waals surface area contributed by atoms with Gasteiger partial charge in [-0.25, -0.2) is 4.98 Å². The number of rotatable bonds is 6. The third kappa shape index (κ3) is 4.04. The second-order valence-corrected chi connectivity index (χ2v) is 6.62. The molecule has 1 atom stereocenters. The van der Waals surface area contributed by atoms with Gasteiger partial charge in [0.15, 0.2) is 0 Å². The minimum atomic E-state index is 0.0114. The second kappa shape index (κ2) is 6.84. The fourth-order valence-corrected chi connectivity index (χ4v) is 2.92. The van der Waals surface area contributed by atoms with Crippen molar-refractivity contribution in [2.45, 2.75) is 46.1 Å². The molecule has 3 nitrogen and oxygen atoms in total. The Morgan fingerprint density at radius 1 is 1.30 bits per heavy atom. The number of hydrogen-bond donors (Lipinski definition) is 1. The Labute approximate surface area is 124 Å². The number of hydrogen-bond acceptors (Lipinski definition) is 3. The Morgan fingerprint density at radius 3 is 2.85 bits per heavy atom. The summed E-state index contributed by atoms with van der Waals surface area (Å²) >= 11 is 1.56. The first-order valence-electron chi connectivity index (χ1n) is 7.20. The molecule has 1 aromatic carbocycles. The van der Waals surface area contributed by atoms with Crippen LogP contribution in [0.2, 0.25) is 0 Å². The zero-order chi connectivity index (χ0) is 14.5. The summed E-state index contributed by atoms with van der Waals surface area (Å²) in [6.07, 6.45) is 3.41. The van der Waals surface area contributed by atoms with Crippen LogP contribution < -0.4 is 5.32 Å². The molecule has 1 N–H and O–H groups in total. The van der Waals surface area contributed by atoms with E-state index in [9.17, 15) is 4.79 Å². The number of benzene rings is 1. The third-order valence-corrected chi connectivity index (χ3v) is 4.18. The summed E-state index contributed by atoms with van der Waals surface area (Å²) in [5.41, 5.74) is 3.48. The Kier molecular flexibility index (Phi) is 5.12. The molecule has 108 valence electrons. The molecule has 0 aliphatic carbocycles. The molecule has 1 heterocycles. The molecule has 0 spiro atoms. The van der Waals surface area contributed by atoms with E-state index in [1.807, 2.05) is 18.2 Å². The van der Waals surface area contributed by atoms with E-state index < -0.39 is 0 Å². The third-order valence-electron chi connectivity index (χ3n) is 3.39. The van der Waals surface area contributed by atoms with Crippen molar-refractivity contribution in [2.24, 2.45) is 5.92 Å². The number of nitrogens with one attached hydrogen (secondary N) is 1. The van der Waals surface area contributed by atoms with Gasteiger partial charge in [-0.1, -0.05) is 26.7 Å². The summed E-state index contributed by atoms with van der Waals surface area (Å²) in [5, 5.41) is 3.07. The van der Waals surface area contributed by atoms with Crippen molar-refractivity contribution in [3.8, 4) is 0 Å². The van der Waals surface area contributed by atoms with Gasteiger partial charge in [-0.3, -0.25) is 4.79 Å². The predicted octanol–water partition coefficient (Wildman–Crippen LogP) is 4.24. The molecule has 0 fully saturated rings. The minimum Gasteiger partial charge on any atom is -0.350 e. The van der Waals surface area contributed by atoms with Crippen molar-refractivity contribution < 1.29 is 4.79 Å². The number of carbonyl (C=O) groups excluding carboxylic acids is 1. The van der Waals surface area contributed by atoms with Crippen LogP contribution in [0.4, 0.5) is 0 Å². The zero-order valence-electron chi connectivity index (χ0n) is 12.3. The smallest absolute Gasteiger partial charge is 0.251 e. The highest BCUT2D eigenvalue weighted by atomic mass is 32.1. The van der Waals surface area contributed by atoms with Crippen LogP contribution in [0, 0.1) is 5.92 Å². The molecule has 1 unspecified atom stereocenters. The summed E-state index contributed by atoms with van der Waals surface area (Å²) in [7, 11) is 0. The fourth-order valence-electron chi connectivity index (χ4n) is 2.21. The van der Waals surface area contributed by atoms with Crippen LogP contribution >= 0.6 is 11.3 Å². The lowest BCUT2D eigenvalue weighted by atomic mass is 10.0. The normalized spacial score (nSPS) is 12.8. The van der Waals surface area contributed by atoms with Gasteiger partial charge >= 0.3 is 0 Å². The van der Waals surface area contributed by atoms with Gasteiger partial charge < -0.3 is 5.32 Å². The van der Waals surface area contributed by atoms with Gasteiger partial charge in [-0.05, 0) is 37.5 Å². The molecule has 4 heteroatoms. The maximum Gasteiger partial charge on any atom is 0.251 e. The van der Waals surface area contributed by atoms with E-state index in [2.05, 4.69) is 31.1 Å². The SMILES string of the molecule is CC(C)CCCC(C)NC(=O)c1ccc2ncsc2c1. The van der Waals surface area contributed by atoms with Crippen molar-refractivity contribution in [1.29, 1.82) is 0 Å². The monoisotopic (exact) mass is 290 g/mol. The molecular formula is C16H22N2OS. The van der Waals surface area contributed by atoms with Crippen LogP contribution in [0.1, 0.15) is 50.4 Å². The molecule has 0 saturated heterocycles. The average molecular weight is 290 g/mol. The van der Waals surface area contributed by atoms with Gasteiger partial charge in [0.05, 0.1) is 15.7 Å².